The van der Waals surface area contributed by atoms with Crippen LogP contribution in [0.1, 0.15) is 26.3 Å². The molecule has 0 bridgehead atoms. The predicted molar refractivity (Wildman–Crippen MR) is 122 cm³/mol. The van der Waals surface area contributed by atoms with Gasteiger partial charge in [-0.05, 0) is 23.8 Å². The van der Waals surface area contributed by atoms with Gasteiger partial charge in [-0.25, -0.2) is 4.98 Å². The largest absolute Gasteiger partial charge is 0.497 e. The first-order valence-electron chi connectivity index (χ1n) is 9.64. The Kier molecular flexibility index (Phi) is 6.59. The van der Waals surface area contributed by atoms with Crippen LogP contribution in [0.2, 0.25) is 0 Å². The Balaban J connectivity index is 2.12. The van der Waals surface area contributed by atoms with Crippen LogP contribution in [0, 0.1) is 16.7 Å². The van der Waals surface area contributed by atoms with E-state index in [0.717, 1.165) is 28.1 Å². The highest BCUT2D eigenvalue weighted by molar-refractivity contribution is 8.00. The van der Waals surface area contributed by atoms with Gasteiger partial charge in [-0.3, -0.25) is 4.79 Å². The number of benzene rings is 2. The van der Waals surface area contributed by atoms with E-state index in [4.69, 9.17) is 9.72 Å². The molecule has 0 spiro atoms. The summed E-state index contributed by atoms with van der Waals surface area (Å²) in [6, 6.07) is 21.7. The zero-order valence-electron chi connectivity index (χ0n) is 17.6. The van der Waals surface area contributed by atoms with Gasteiger partial charge in [-0.15, -0.1) is 0 Å². The number of carbonyl (C=O) groups is 1. The molecule has 3 aromatic rings. The molecule has 0 saturated heterocycles. The second-order valence-corrected chi connectivity index (χ2v) is 8.87. The Morgan fingerprint density at radius 1 is 1.07 bits per heavy atom. The molecule has 0 aliphatic carbocycles. The highest BCUT2D eigenvalue weighted by Gasteiger charge is 2.23. The molecule has 0 unspecified atom stereocenters. The van der Waals surface area contributed by atoms with Crippen molar-refractivity contribution in [1.29, 1.82) is 5.26 Å². The van der Waals surface area contributed by atoms with Gasteiger partial charge in [0.05, 0.1) is 24.1 Å². The Labute approximate surface area is 181 Å². The van der Waals surface area contributed by atoms with Gasteiger partial charge in [0, 0.05) is 16.5 Å². The van der Waals surface area contributed by atoms with Crippen LogP contribution in [-0.4, -0.2) is 23.6 Å². The van der Waals surface area contributed by atoms with Gasteiger partial charge >= 0.3 is 0 Å². The van der Waals surface area contributed by atoms with Crippen LogP contribution in [0.15, 0.2) is 65.7 Å². The monoisotopic (exact) mass is 416 g/mol. The molecule has 0 aliphatic rings. The number of hydrogen-bond donors (Lipinski definition) is 0. The number of Topliss-reactive ketones (excluding diaryl/α,β-unsaturated/α-hetero) is 1. The molecule has 0 atom stereocenters. The van der Waals surface area contributed by atoms with Crippen LogP contribution < -0.4 is 4.74 Å². The molecule has 4 nitrogen and oxygen atoms in total. The van der Waals surface area contributed by atoms with E-state index < -0.39 is 5.41 Å². The summed E-state index contributed by atoms with van der Waals surface area (Å²) in [5, 5.41) is 10.5. The minimum atomic E-state index is -0.435. The van der Waals surface area contributed by atoms with Crippen LogP contribution in [0.3, 0.4) is 0 Å². The van der Waals surface area contributed by atoms with Crippen molar-refractivity contribution in [2.75, 3.05) is 12.9 Å². The molecule has 0 amide bonds. The Morgan fingerprint density at radius 2 is 1.73 bits per heavy atom. The molecule has 0 saturated carbocycles. The first-order valence-corrected chi connectivity index (χ1v) is 10.6. The molecule has 1 heterocycles. The lowest BCUT2D eigenvalue weighted by atomic mass is 9.92. The number of methoxy groups -OCH3 is 1. The first kappa shape index (κ1) is 21.6. The van der Waals surface area contributed by atoms with Gasteiger partial charge in [0.2, 0.25) is 0 Å². The summed E-state index contributed by atoms with van der Waals surface area (Å²) in [5.41, 5.74) is 3.46. The molecule has 5 heteroatoms. The van der Waals surface area contributed by atoms with E-state index in [9.17, 15) is 10.1 Å². The number of hydrogen-bond acceptors (Lipinski definition) is 5. The quantitative estimate of drug-likeness (QED) is 0.461. The smallest absolute Gasteiger partial charge is 0.148 e. The van der Waals surface area contributed by atoms with Gasteiger partial charge in [-0.2, -0.15) is 5.26 Å². The normalized spacial score (nSPS) is 11.0. The number of pyridine rings is 1. The maximum absolute atomic E-state index is 12.5. The van der Waals surface area contributed by atoms with Gasteiger partial charge in [0.1, 0.15) is 22.6 Å². The van der Waals surface area contributed by atoms with Crippen molar-refractivity contribution in [1.82, 2.24) is 4.98 Å². The third kappa shape index (κ3) is 4.90. The van der Waals surface area contributed by atoms with Crippen molar-refractivity contribution in [3.63, 3.8) is 0 Å². The zero-order chi connectivity index (χ0) is 21.7. The number of nitrogens with zero attached hydrogens (tertiary/aromatic N) is 2. The number of carbonyl (C=O) groups excluding carboxylic acids is 1. The maximum atomic E-state index is 12.5. The van der Waals surface area contributed by atoms with E-state index >= 15 is 0 Å². The van der Waals surface area contributed by atoms with Gasteiger partial charge < -0.3 is 4.74 Å². The summed E-state index contributed by atoms with van der Waals surface area (Å²) >= 11 is 1.32. The van der Waals surface area contributed by atoms with E-state index in [2.05, 4.69) is 6.07 Å². The number of ether oxygens (including phenoxy) is 1. The molecule has 0 radical (unpaired) electrons. The molecular weight excluding hydrogens is 392 g/mol. The van der Waals surface area contributed by atoms with Crippen molar-refractivity contribution >= 4 is 17.5 Å². The third-order valence-corrected chi connectivity index (χ3v) is 5.72. The van der Waals surface area contributed by atoms with Crippen LogP contribution in [0.4, 0.5) is 0 Å². The van der Waals surface area contributed by atoms with E-state index in [1.165, 1.54) is 11.8 Å². The first-order chi connectivity index (χ1) is 14.3. The van der Waals surface area contributed by atoms with Gasteiger partial charge in [-0.1, -0.05) is 75.0 Å². The Hall–Kier alpha value is -3.10. The van der Waals surface area contributed by atoms with E-state index in [1.54, 1.807) is 7.11 Å². The number of rotatable bonds is 6. The Bertz CT molecular complexity index is 1080. The lowest BCUT2D eigenvalue weighted by Crippen LogP contribution is -2.22. The summed E-state index contributed by atoms with van der Waals surface area (Å²) in [5.74, 6) is 1.14. The molecule has 0 N–H and O–H groups in total. The average Bonchev–Trinajstić information content (AvgIpc) is 2.76. The SMILES string of the molecule is COc1ccc(-c2cc(-c3ccccc3)nc(SCC(=O)C(C)(C)C)c2C#N)cc1. The fourth-order valence-electron chi connectivity index (χ4n) is 2.84. The van der Waals surface area contributed by atoms with E-state index in [0.29, 0.717) is 10.6 Å². The summed E-state index contributed by atoms with van der Waals surface area (Å²) < 4.78 is 5.26. The molecule has 1 aromatic heterocycles. The second-order valence-electron chi connectivity index (χ2n) is 7.90. The lowest BCUT2D eigenvalue weighted by Gasteiger charge is -2.17. The highest BCUT2D eigenvalue weighted by Crippen LogP contribution is 2.35. The molecule has 0 fully saturated rings. The third-order valence-electron chi connectivity index (χ3n) is 4.75. The maximum Gasteiger partial charge on any atom is 0.148 e. The van der Waals surface area contributed by atoms with Crippen molar-refractivity contribution < 1.29 is 9.53 Å². The van der Waals surface area contributed by atoms with Crippen LogP contribution in [0.25, 0.3) is 22.4 Å². The lowest BCUT2D eigenvalue weighted by molar-refractivity contribution is -0.123. The predicted octanol–water partition coefficient (Wildman–Crippen LogP) is 6.00. The zero-order valence-corrected chi connectivity index (χ0v) is 18.4. The molecule has 30 heavy (non-hydrogen) atoms. The summed E-state index contributed by atoms with van der Waals surface area (Å²) in [6.07, 6.45) is 0. The summed E-state index contributed by atoms with van der Waals surface area (Å²) in [4.78, 5) is 17.2. The number of nitriles is 1. The summed E-state index contributed by atoms with van der Waals surface area (Å²) in [6.45, 7) is 5.70. The molecular formula is C25H24N2O2S. The number of thioether (sulfide) groups is 1. The highest BCUT2D eigenvalue weighted by atomic mass is 32.2. The van der Waals surface area contributed by atoms with Crippen molar-refractivity contribution in [3.05, 3.63) is 66.2 Å². The fraction of sp³-hybridized carbons (Fsp3) is 0.240. The van der Waals surface area contributed by atoms with E-state index in [1.807, 2.05) is 81.4 Å². The number of aromatic nitrogens is 1. The molecule has 2 aromatic carbocycles. The van der Waals surface area contributed by atoms with Gasteiger partial charge in [0.15, 0.2) is 0 Å². The minimum absolute atomic E-state index is 0.120. The van der Waals surface area contributed by atoms with Crippen molar-refractivity contribution in [2.45, 2.75) is 25.8 Å². The molecule has 3 rings (SSSR count). The Morgan fingerprint density at radius 3 is 2.30 bits per heavy atom. The molecule has 0 aliphatic heterocycles. The second kappa shape index (κ2) is 9.15. The fourth-order valence-corrected chi connectivity index (χ4v) is 4.00. The molecule has 152 valence electrons. The standard InChI is InChI=1S/C25H24N2O2S/c1-25(2,3)23(28)16-30-24-21(15-26)20(17-10-12-19(29-4)13-11-17)14-22(27-24)18-8-6-5-7-9-18/h5-14H,16H2,1-4H3. The van der Waals surface area contributed by atoms with Crippen molar-refractivity contribution in [2.24, 2.45) is 5.41 Å². The van der Waals surface area contributed by atoms with Gasteiger partial charge in [0.25, 0.3) is 0 Å². The number of ketones is 1. The van der Waals surface area contributed by atoms with Crippen LogP contribution in [-0.2, 0) is 4.79 Å². The summed E-state index contributed by atoms with van der Waals surface area (Å²) in [7, 11) is 1.62. The topological polar surface area (TPSA) is 63.0 Å². The van der Waals surface area contributed by atoms with Crippen molar-refractivity contribution in [3.8, 4) is 34.2 Å². The van der Waals surface area contributed by atoms with E-state index in [-0.39, 0.29) is 11.5 Å². The average molecular weight is 417 g/mol. The van der Waals surface area contributed by atoms with Crippen LogP contribution >= 0.6 is 11.8 Å². The van der Waals surface area contributed by atoms with Crippen LogP contribution in [0.5, 0.6) is 5.75 Å². The minimum Gasteiger partial charge on any atom is -0.497 e.